The van der Waals surface area contributed by atoms with Crippen molar-refractivity contribution in [3.63, 3.8) is 0 Å². The number of halogens is 1. The quantitative estimate of drug-likeness (QED) is 0.289. The van der Waals surface area contributed by atoms with Crippen LogP contribution in [0.4, 0.5) is 0 Å². The molecule has 3 aromatic rings. The maximum absolute atomic E-state index is 10.8. The van der Waals surface area contributed by atoms with Crippen LogP contribution in [0, 0.1) is 0 Å². The summed E-state index contributed by atoms with van der Waals surface area (Å²) in [7, 11) is 0. The lowest BCUT2D eigenvalue weighted by Gasteiger charge is -2.46. The average molecular weight is 543 g/mol. The summed E-state index contributed by atoms with van der Waals surface area (Å²) in [4.78, 5) is 0. The Morgan fingerprint density at radius 2 is 1.66 bits per heavy atom. The molecule has 5 rings (SSSR count). The molecule has 202 valence electrons. The van der Waals surface area contributed by atoms with Crippen LogP contribution in [0.5, 0.6) is 5.75 Å². The number of rotatable bonds is 10. The molecule has 9 heteroatoms. The van der Waals surface area contributed by atoms with Crippen molar-refractivity contribution in [1.82, 2.24) is 0 Å². The van der Waals surface area contributed by atoms with E-state index < -0.39 is 36.3 Å². The Morgan fingerprint density at radius 1 is 0.895 bits per heavy atom. The van der Waals surface area contributed by atoms with E-state index in [1.165, 1.54) is 0 Å². The Bertz CT molecular complexity index is 1220. The van der Waals surface area contributed by atoms with Crippen LogP contribution in [0.2, 0.25) is 5.02 Å². The lowest BCUT2D eigenvalue weighted by molar-refractivity contribution is -0.329. The van der Waals surface area contributed by atoms with E-state index in [1.807, 2.05) is 54.6 Å². The Kier molecular flexibility index (Phi) is 8.04. The van der Waals surface area contributed by atoms with Gasteiger partial charge in [-0.25, -0.2) is 0 Å². The fraction of sp³-hybridized carbons (Fsp3) is 0.379. The molecule has 2 saturated heterocycles. The van der Waals surface area contributed by atoms with Gasteiger partial charge in [-0.15, -0.1) is 0 Å². The molecule has 5 atom stereocenters. The van der Waals surface area contributed by atoms with Crippen LogP contribution < -0.4 is 4.74 Å². The Balaban J connectivity index is 1.22. The second kappa shape index (κ2) is 11.3. The molecule has 2 fully saturated rings. The average Bonchev–Trinajstić information content (AvgIpc) is 3.33. The van der Waals surface area contributed by atoms with Gasteiger partial charge in [-0.1, -0.05) is 60.1 Å². The summed E-state index contributed by atoms with van der Waals surface area (Å²) in [5.41, 5.74) is 1.75. The molecule has 0 aromatic heterocycles. The first-order chi connectivity index (χ1) is 18.4. The molecule has 2 bridgehead atoms. The van der Waals surface area contributed by atoms with E-state index in [0.29, 0.717) is 36.8 Å². The molecule has 2 aliphatic heterocycles. The van der Waals surface area contributed by atoms with Gasteiger partial charge in [-0.05, 0) is 47.4 Å². The normalized spacial score (nSPS) is 28.4. The van der Waals surface area contributed by atoms with E-state index >= 15 is 0 Å². The van der Waals surface area contributed by atoms with Crippen molar-refractivity contribution in [2.75, 3.05) is 26.4 Å². The molecular formula is C29H31ClO8. The third kappa shape index (κ3) is 5.19. The molecule has 0 aliphatic carbocycles. The largest absolute Gasteiger partial charge is 0.491 e. The van der Waals surface area contributed by atoms with Gasteiger partial charge in [0.2, 0.25) is 5.79 Å². The van der Waals surface area contributed by atoms with Crippen molar-refractivity contribution in [1.29, 1.82) is 0 Å². The third-order valence-electron chi connectivity index (χ3n) is 7.10. The predicted molar refractivity (Wildman–Crippen MR) is 139 cm³/mol. The summed E-state index contributed by atoms with van der Waals surface area (Å²) >= 11 is 6.49. The molecule has 4 N–H and O–H groups in total. The Labute approximate surface area is 225 Å². The van der Waals surface area contributed by atoms with Gasteiger partial charge in [0.1, 0.15) is 36.3 Å². The van der Waals surface area contributed by atoms with Crippen LogP contribution >= 0.6 is 11.6 Å². The van der Waals surface area contributed by atoms with Crippen molar-refractivity contribution in [2.24, 2.45) is 0 Å². The van der Waals surface area contributed by atoms with E-state index in [0.717, 1.165) is 22.4 Å². The first-order valence-corrected chi connectivity index (χ1v) is 12.9. The lowest BCUT2D eigenvalue weighted by Crippen LogP contribution is -2.65. The van der Waals surface area contributed by atoms with Gasteiger partial charge < -0.3 is 39.4 Å². The SMILES string of the molecule is OC[C@@]12CO[C@@](c3ccc(Cl)c(Cc4ccc(OCCOCc5ccccc5)cc4)c3)(O1)[C@H](O)[C@@H](O)[C@@H]2O. The molecule has 0 radical (unpaired) electrons. The van der Waals surface area contributed by atoms with Crippen LogP contribution in [-0.4, -0.2) is 70.8 Å². The number of ether oxygens (including phenoxy) is 4. The van der Waals surface area contributed by atoms with Crippen molar-refractivity contribution >= 4 is 11.6 Å². The molecule has 2 heterocycles. The lowest BCUT2D eigenvalue weighted by atomic mass is 9.83. The van der Waals surface area contributed by atoms with E-state index in [1.54, 1.807) is 18.2 Å². The van der Waals surface area contributed by atoms with Crippen molar-refractivity contribution in [2.45, 2.75) is 42.7 Å². The summed E-state index contributed by atoms with van der Waals surface area (Å²) in [6.07, 6.45) is -4.15. The second-order valence-electron chi connectivity index (χ2n) is 9.67. The molecule has 3 aromatic carbocycles. The molecule has 0 spiro atoms. The van der Waals surface area contributed by atoms with Crippen LogP contribution in [0.25, 0.3) is 0 Å². The van der Waals surface area contributed by atoms with E-state index in [9.17, 15) is 20.4 Å². The maximum atomic E-state index is 10.8. The van der Waals surface area contributed by atoms with Gasteiger partial charge in [0.15, 0.2) is 0 Å². The fourth-order valence-corrected chi connectivity index (χ4v) is 5.09. The monoisotopic (exact) mass is 542 g/mol. The molecule has 0 unspecified atom stereocenters. The number of benzene rings is 3. The molecule has 38 heavy (non-hydrogen) atoms. The van der Waals surface area contributed by atoms with Crippen molar-refractivity contribution in [3.8, 4) is 5.75 Å². The smallest absolute Gasteiger partial charge is 0.225 e. The zero-order valence-corrected chi connectivity index (χ0v) is 21.5. The number of hydrogen-bond acceptors (Lipinski definition) is 8. The number of hydrogen-bond donors (Lipinski definition) is 4. The van der Waals surface area contributed by atoms with Gasteiger partial charge >= 0.3 is 0 Å². The zero-order chi connectivity index (χ0) is 26.8. The zero-order valence-electron chi connectivity index (χ0n) is 20.7. The Morgan fingerprint density at radius 3 is 2.39 bits per heavy atom. The van der Waals surface area contributed by atoms with Gasteiger partial charge in [0.25, 0.3) is 0 Å². The summed E-state index contributed by atoms with van der Waals surface area (Å²) in [5.74, 6) is -1.01. The van der Waals surface area contributed by atoms with Crippen LogP contribution in [0.1, 0.15) is 22.3 Å². The number of aliphatic hydroxyl groups is 4. The third-order valence-corrected chi connectivity index (χ3v) is 7.47. The maximum Gasteiger partial charge on any atom is 0.225 e. The highest BCUT2D eigenvalue weighted by molar-refractivity contribution is 6.31. The minimum atomic E-state index is -1.74. The summed E-state index contributed by atoms with van der Waals surface area (Å²) in [6, 6.07) is 22.7. The Hall–Kier alpha value is -2.53. The van der Waals surface area contributed by atoms with E-state index in [2.05, 4.69) is 0 Å². The molecule has 0 saturated carbocycles. The van der Waals surface area contributed by atoms with Crippen molar-refractivity contribution < 1.29 is 39.4 Å². The highest BCUT2D eigenvalue weighted by Gasteiger charge is 2.67. The second-order valence-corrected chi connectivity index (χ2v) is 10.1. The van der Waals surface area contributed by atoms with Gasteiger partial charge in [-0.2, -0.15) is 0 Å². The minimum absolute atomic E-state index is 0.185. The molecular weight excluding hydrogens is 512 g/mol. The summed E-state index contributed by atoms with van der Waals surface area (Å²) in [6.45, 7) is 0.682. The fourth-order valence-electron chi connectivity index (χ4n) is 4.91. The summed E-state index contributed by atoms with van der Waals surface area (Å²) in [5, 5.41) is 42.0. The van der Waals surface area contributed by atoms with Crippen LogP contribution in [-0.2, 0) is 33.0 Å². The van der Waals surface area contributed by atoms with Crippen LogP contribution in [0.15, 0.2) is 72.8 Å². The van der Waals surface area contributed by atoms with Crippen LogP contribution in [0.3, 0.4) is 0 Å². The van der Waals surface area contributed by atoms with Gasteiger partial charge in [0, 0.05) is 10.6 Å². The molecule has 8 nitrogen and oxygen atoms in total. The first-order valence-electron chi connectivity index (χ1n) is 12.5. The highest BCUT2D eigenvalue weighted by atomic mass is 35.5. The van der Waals surface area contributed by atoms with Gasteiger partial charge in [-0.3, -0.25) is 0 Å². The topological polar surface area (TPSA) is 118 Å². The highest BCUT2D eigenvalue weighted by Crippen LogP contribution is 2.49. The molecule has 0 amide bonds. The summed E-state index contributed by atoms with van der Waals surface area (Å²) < 4.78 is 23.2. The standard InChI is InChI=1S/C29H31ClO8/c30-24-11-8-22(29-27(34)25(32)26(33)28(17-31,38-29)18-37-29)15-21(24)14-19-6-9-23(10-7-19)36-13-12-35-16-20-4-2-1-3-5-20/h1-11,15,25-27,31-34H,12-14,16-18H2/t25-,26-,27+,28-,29-/m0/s1. The van der Waals surface area contributed by atoms with E-state index in [-0.39, 0.29) is 6.61 Å². The predicted octanol–water partition coefficient (Wildman–Crippen LogP) is 2.55. The van der Waals surface area contributed by atoms with Crippen molar-refractivity contribution in [3.05, 3.63) is 100 Å². The van der Waals surface area contributed by atoms with E-state index in [4.69, 9.17) is 30.5 Å². The minimum Gasteiger partial charge on any atom is -0.491 e. The number of aliphatic hydroxyl groups excluding tert-OH is 4. The first kappa shape index (κ1) is 27.1. The van der Waals surface area contributed by atoms with Gasteiger partial charge in [0.05, 0.1) is 26.4 Å². The molecule has 2 aliphatic rings. The number of fused-ring (bicyclic) bond motifs is 2.